The number of fused-ring (bicyclic) bond motifs is 1. The number of nitrogens with zero attached hydrogens (tertiary/aromatic N) is 3. The van der Waals surface area contributed by atoms with Gasteiger partial charge in [0.15, 0.2) is 17.3 Å². The molecule has 3 rings (SSSR count). The number of rotatable bonds is 3. The molecule has 0 unspecified atom stereocenters. The molecule has 1 aliphatic heterocycles. The normalized spacial score (nSPS) is 13.6. The molecular formula is C14H16N4O3. The first-order valence-electron chi connectivity index (χ1n) is 6.80. The predicted molar refractivity (Wildman–Crippen MR) is 76.5 cm³/mol. The van der Waals surface area contributed by atoms with Crippen molar-refractivity contribution in [1.82, 2.24) is 15.0 Å². The fraction of sp³-hybridized carbons (Fsp3) is 0.357. The van der Waals surface area contributed by atoms with E-state index in [0.29, 0.717) is 31.4 Å². The fourth-order valence-electron chi connectivity index (χ4n) is 2.00. The molecule has 1 aromatic heterocycles. The quantitative estimate of drug-likeness (QED) is 0.918. The maximum absolute atomic E-state index is 5.69. The van der Waals surface area contributed by atoms with Crippen molar-refractivity contribution < 1.29 is 14.2 Å². The SMILES string of the molecule is CCOc1nc(N)nc(-c2ccc3c(c2)OCCCO3)n1. The molecule has 2 aromatic rings. The first-order valence-corrected chi connectivity index (χ1v) is 6.80. The van der Waals surface area contributed by atoms with Gasteiger partial charge in [-0.2, -0.15) is 15.0 Å². The van der Waals surface area contributed by atoms with Crippen LogP contribution in [0.5, 0.6) is 17.5 Å². The minimum Gasteiger partial charge on any atom is -0.490 e. The van der Waals surface area contributed by atoms with E-state index >= 15 is 0 Å². The highest BCUT2D eigenvalue weighted by Gasteiger charge is 2.14. The van der Waals surface area contributed by atoms with Gasteiger partial charge in [0.1, 0.15) is 0 Å². The van der Waals surface area contributed by atoms with Crippen LogP contribution in [0.4, 0.5) is 5.95 Å². The Kier molecular flexibility index (Phi) is 3.72. The standard InChI is InChI=1S/C14H16N4O3/c1-2-19-14-17-12(16-13(15)18-14)9-4-5-10-11(8-9)21-7-3-6-20-10/h4-5,8H,2-3,6-7H2,1H3,(H2,15,16,17,18). The Hall–Kier alpha value is -2.57. The monoisotopic (exact) mass is 288 g/mol. The second-order valence-electron chi connectivity index (χ2n) is 4.44. The number of nitrogens with two attached hydrogens (primary N) is 1. The molecule has 21 heavy (non-hydrogen) atoms. The van der Waals surface area contributed by atoms with Crippen molar-refractivity contribution in [3.63, 3.8) is 0 Å². The number of hydrogen-bond acceptors (Lipinski definition) is 7. The van der Waals surface area contributed by atoms with Gasteiger partial charge < -0.3 is 19.9 Å². The Bertz CT molecular complexity index is 648. The van der Waals surface area contributed by atoms with Crippen molar-refractivity contribution >= 4 is 5.95 Å². The second-order valence-corrected chi connectivity index (χ2v) is 4.44. The van der Waals surface area contributed by atoms with Crippen molar-refractivity contribution in [2.24, 2.45) is 0 Å². The Balaban J connectivity index is 1.98. The summed E-state index contributed by atoms with van der Waals surface area (Å²) in [5.41, 5.74) is 6.46. The molecule has 0 amide bonds. The lowest BCUT2D eigenvalue weighted by Crippen LogP contribution is -2.05. The third kappa shape index (κ3) is 2.96. The highest BCUT2D eigenvalue weighted by atomic mass is 16.5. The van der Waals surface area contributed by atoms with Gasteiger partial charge in [-0.25, -0.2) is 0 Å². The van der Waals surface area contributed by atoms with Crippen molar-refractivity contribution in [2.45, 2.75) is 13.3 Å². The molecule has 0 saturated carbocycles. The lowest BCUT2D eigenvalue weighted by Gasteiger charge is -2.09. The molecular weight excluding hydrogens is 272 g/mol. The van der Waals surface area contributed by atoms with Crippen LogP contribution in [0.3, 0.4) is 0 Å². The summed E-state index contributed by atoms with van der Waals surface area (Å²) in [7, 11) is 0. The molecule has 0 bridgehead atoms. The molecule has 2 N–H and O–H groups in total. The fourth-order valence-corrected chi connectivity index (χ4v) is 2.00. The Morgan fingerprint density at radius 1 is 1.14 bits per heavy atom. The molecule has 2 heterocycles. The number of aromatic nitrogens is 3. The third-order valence-electron chi connectivity index (χ3n) is 2.91. The molecule has 0 saturated heterocycles. The average Bonchev–Trinajstić information content (AvgIpc) is 2.71. The van der Waals surface area contributed by atoms with E-state index in [4.69, 9.17) is 19.9 Å². The van der Waals surface area contributed by atoms with Crippen LogP contribution >= 0.6 is 0 Å². The third-order valence-corrected chi connectivity index (χ3v) is 2.91. The van der Waals surface area contributed by atoms with Gasteiger partial charge in [0, 0.05) is 12.0 Å². The molecule has 1 aromatic carbocycles. The zero-order valence-electron chi connectivity index (χ0n) is 11.7. The largest absolute Gasteiger partial charge is 0.490 e. The van der Waals surface area contributed by atoms with E-state index in [9.17, 15) is 0 Å². The molecule has 0 radical (unpaired) electrons. The number of ether oxygens (including phenoxy) is 3. The van der Waals surface area contributed by atoms with E-state index in [2.05, 4.69) is 15.0 Å². The highest BCUT2D eigenvalue weighted by Crippen LogP contribution is 2.33. The van der Waals surface area contributed by atoms with Crippen LogP contribution in [-0.4, -0.2) is 34.8 Å². The summed E-state index contributed by atoms with van der Waals surface area (Å²) in [6.45, 7) is 3.59. The summed E-state index contributed by atoms with van der Waals surface area (Å²) < 4.78 is 16.5. The van der Waals surface area contributed by atoms with Gasteiger partial charge in [0.2, 0.25) is 5.95 Å². The van der Waals surface area contributed by atoms with Crippen molar-refractivity contribution in [3.05, 3.63) is 18.2 Å². The first-order chi connectivity index (χ1) is 10.3. The predicted octanol–water partition coefficient (Wildman–Crippen LogP) is 1.68. The lowest BCUT2D eigenvalue weighted by atomic mass is 10.2. The van der Waals surface area contributed by atoms with Gasteiger partial charge in [-0.15, -0.1) is 0 Å². The van der Waals surface area contributed by atoms with Crippen molar-refractivity contribution in [2.75, 3.05) is 25.6 Å². The number of hydrogen-bond donors (Lipinski definition) is 1. The van der Waals surface area contributed by atoms with E-state index in [-0.39, 0.29) is 12.0 Å². The maximum atomic E-state index is 5.69. The lowest BCUT2D eigenvalue weighted by molar-refractivity contribution is 0.297. The smallest absolute Gasteiger partial charge is 0.321 e. The highest BCUT2D eigenvalue weighted by molar-refractivity contribution is 5.62. The van der Waals surface area contributed by atoms with Crippen molar-refractivity contribution in [3.8, 4) is 28.9 Å². The molecule has 0 aliphatic carbocycles. The van der Waals surface area contributed by atoms with Crippen LogP contribution in [0.25, 0.3) is 11.4 Å². The van der Waals surface area contributed by atoms with Crippen LogP contribution in [0.2, 0.25) is 0 Å². The van der Waals surface area contributed by atoms with E-state index in [1.165, 1.54) is 0 Å². The van der Waals surface area contributed by atoms with Crippen molar-refractivity contribution in [1.29, 1.82) is 0 Å². The summed E-state index contributed by atoms with van der Waals surface area (Å²) >= 11 is 0. The summed E-state index contributed by atoms with van der Waals surface area (Å²) in [5, 5.41) is 0. The number of anilines is 1. The molecule has 1 aliphatic rings. The van der Waals surface area contributed by atoms with Gasteiger partial charge in [0.05, 0.1) is 19.8 Å². The molecule has 0 fully saturated rings. The van der Waals surface area contributed by atoms with Crippen LogP contribution in [0, 0.1) is 0 Å². The molecule has 0 spiro atoms. The Morgan fingerprint density at radius 3 is 2.76 bits per heavy atom. The second kappa shape index (κ2) is 5.82. The molecule has 0 atom stereocenters. The maximum Gasteiger partial charge on any atom is 0.321 e. The topological polar surface area (TPSA) is 92.4 Å². The molecule has 110 valence electrons. The number of nitrogen functional groups attached to an aromatic ring is 1. The first kappa shape index (κ1) is 13.4. The molecule has 7 heteroatoms. The minimum atomic E-state index is 0.121. The van der Waals surface area contributed by atoms with E-state index in [0.717, 1.165) is 17.7 Å². The summed E-state index contributed by atoms with van der Waals surface area (Å²) in [5.74, 6) is 1.97. The zero-order valence-corrected chi connectivity index (χ0v) is 11.7. The van der Waals surface area contributed by atoms with Gasteiger partial charge >= 0.3 is 6.01 Å². The summed E-state index contributed by atoms with van der Waals surface area (Å²) in [6, 6.07) is 5.76. The van der Waals surface area contributed by atoms with Gasteiger partial charge in [0.25, 0.3) is 0 Å². The summed E-state index contributed by atoms with van der Waals surface area (Å²) in [4.78, 5) is 12.3. The van der Waals surface area contributed by atoms with E-state index < -0.39 is 0 Å². The van der Waals surface area contributed by atoms with Gasteiger partial charge in [-0.1, -0.05) is 0 Å². The van der Waals surface area contributed by atoms with Crippen LogP contribution in [-0.2, 0) is 0 Å². The van der Waals surface area contributed by atoms with Gasteiger partial charge in [-0.3, -0.25) is 0 Å². The van der Waals surface area contributed by atoms with E-state index in [1.54, 1.807) is 0 Å². The number of benzene rings is 1. The van der Waals surface area contributed by atoms with Crippen LogP contribution in [0.1, 0.15) is 13.3 Å². The summed E-state index contributed by atoms with van der Waals surface area (Å²) in [6.07, 6.45) is 0.858. The van der Waals surface area contributed by atoms with Crippen LogP contribution < -0.4 is 19.9 Å². The Labute approximate surface area is 122 Å². The van der Waals surface area contributed by atoms with Crippen LogP contribution in [0.15, 0.2) is 18.2 Å². The van der Waals surface area contributed by atoms with E-state index in [1.807, 2.05) is 25.1 Å². The molecule has 7 nitrogen and oxygen atoms in total. The zero-order chi connectivity index (χ0) is 14.7. The minimum absolute atomic E-state index is 0.121. The van der Waals surface area contributed by atoms with Gasteiger partial charge in [-0.05, 0) is 25.1 Å². The Morgan fingerprint density at radius 2 is 1.95 bits per heavy atom. The average molecular weight is 288 g/mol.